The predicted octanol–water partition coefficient (Wildman–Crippen LogP) is 2.39. The second kappa shape index (κ2) is 6.43. The molecule has 2 rings (SSSR count). The van der Waals surface area contributed by atoms with E-state index in [1.807, 2.05) is 36.0 Å². The van der Waals surface area contributed by atoms with Gasteiger partial charge in [-0.1, -0.05) is 19.1 Å². The van der Waals surface area contributed by atoms with E-state index in [0.717, 1.165) is 36.5 Å². The smallest absolute Gasteiger partial charge is 0.124 e. The molecule has 0 spiro atoms. The molecular weight excluding hydrogens is 262 g/mol. The molecule has 0 atom stereocenters. The second-order valence-electron chi connectivity index (χ2n) is 5.08. The molecule has 0 aliphatic rings. The number of nitrogens with two attached hydrogens (primary N) is 1. The van der Waals surface area contributed by atoms with E-state index in [4.69, 9.17) is 11.1 Å². The predicted molar refractivity (Wildman–Crippen MR) is 86.8 cm³/mol. The maximum Gasteiger partial charge on any atom is 0.124 e. The molecular formula is C16H23N5. The van der Waals surface area contributed by atoms with Gasteiger partial charge in [0.05, 0.1) is 17.9 Å². The molecule has 0 bridgehead atoms. The summed E-state index contributed by atoms with van der Waals surface area (Å²) in [5.74, 6) is 0.0932. The van der Waals surface area contributed by atoms with E-state index >= 15 is 0 Å². The lowest BCUT2D eigenvalue weighted by atomic mass is 10.1. The first-order valence-corrected chi connectivity index (χ1v) is 7.27. The summed E-state index contributed by atoms with van der Waals surface area (Å²) in [7, 11) is 2.01. The molecule has 0 amide bonds. The summed E-state index contributed by atoms with van der Waals surface area (Å²) in [4.78, 5) is 2.11. The number of hydrogen-bond acceptors (Lipinski definition) is 3. The summed E-state index contributed by atoms with van der Waals surface area (Å²) in [6, 6.07) is 9.88. The zero-order valence-electron chi connectivity index (χ0n) is 12.9. The van der Waals surface area contributed by atoms with Crippen molar-refractivity contribution in [2.24, 2.45) is 5.73 Å². The van der Waals surface area contributed by atoms with Crippen LogP contribution in [0.15, 0.2) is 30.3 Å². The number of hydrogen-bond donors (Lipinski definition) is 2. The standard InChI is InChI=1S/C16H23N5/c1-4-12-10-13(21(5-2)19-12)11-20(3)15-9-7-6-8-14(15)16(17)18/h6-10H,4-5,11H2,1-3H3,(H3,17,18). The van der Waals surface area contributed by atoms with Crippen LogP contribution < -0.4 is 10.6 Å². The summed E-state index contributed by atoms with van der Waals surface area (Å²) in [6.07, 6.45) is 0.938. The Morgan fingerprint density at radius 3 is 2.67 bits per heavy atom. The highest BCUT2D eigenvalue weighted by Gasteiger charge is 2.12. The largest absolute Gasteiger partial charge is 0.384 e. The molecule has 0 saturated heterocycles. The highest BCUT2D eigenvalue weighted by atomic mass is 15.3. The first kappa shape index (κ1) is 15.1. The molecule has 3 N–H and O–H groups in total. The fraction of sp³-hybridized carbons (Fsp3) is 0.375. The van der Waals surface area contributed by atoms with Gasteiger partial charge in [-0.15, -0.1) is 0 Å². The van der Waals surface area contributed by atoms with Crippen LogP contribution in [0.1, 0.15) is 30.8 Å². The van der Waals surface area contributed by atoms with Crippen LogP contribution >= 0.6 is 0 Å². The van der Waals surface area contributed by atoms with E-state index in [1.54, 1.807) is 0 Å². The van der Waals surface area contributed by atoms with Crippen molar-refractivity contribution in [2.45, 2.75) is 33.4 Å². The van der Waals surface area contributed by atoms with Gasteiger partial charge in [0.2, 0.25) is 0 Å². The quantitative estimate of drug-likeness (QED) is 0.632. The van der Waals surface area contributed by atoms with Crippen molar-refractivity contribution >= 4 is 11.5 Å². The van der Waals surface area contributed by atoms with Gasteiger partial charge in [0.15, 0.2) is 0 Å². The van der Waals surface area contributed by atoms with Gasteiger partial charge >= 0.3 is 0 Å². The molecule has 5 heteroatoms. The Morgan fingerprint density at radius 2 is 2.05 bits per heavy atom. The fourth-order valence-corrected chi connectivity index (χ4v) is 2.45. The van der Waals surface area contributed by atoms with E-state index in [2.05, 4.69) is 29.9 Å². The third kappa shape index (κ3) is 3.24. The average molecular weight is 285 g/mol. The number of aromatic nitrogens is 2. The highest BCUT2D eigenvalue weighted by Crippen LogP contribution is 2.21. The van der Waals surface area contributed by atoms with Crippen LogP contribution in [0, 0.1) is 5.41 Å². The molecule has 0 radical (unpaired) electrons. The molecule has 5 nitrogen and oxygen atoms in total. The van der Waals surface area contributed by atoms with Crippen molar-refractivity contribution in [2.75, 3.05) is 11.9 Å². The van der Waals surface area contributed by atoms with Gasteiger partial charge in [0.25, 0.3) is 0 Å². The topological polar surface area (TPSA) is 70.9 Å². The minimum atomic E-state index is 0.0932. The van der Waals surface area contributed by atoms with Crippen molar-refractivity contribution in [3.05, 3.63) is 47.3 Å². The maximum absolute atomic E-state index is 7.70. The lowest BCUT2D eigenvalue weighted by molar-refractivity contribution is 0.609. The Hall–Kier alpha value is -2.30. The van der Waals surface area contributed by atoms with E-state index in [0.29, 0.717) is 0 Å². The Kier molecular flexibility index (Phi) is 4.62. The molecule has 0 fully saturated rings. The molecule has 2 aromatic rings. The molecule has 1 heterocycles. The number of anilines is 1. The molecule has 21 heavy (non-hydrogen) atoms. The van der Waals surface area contributed by atoms with Gasteiger partial charge in [-0.25, -0.2) is 0 Å². The Bertz CT molecular complexity index is 629. The summed E-state index contributed by atoms with van der Waals surface area (Å²) >= 11 is 0. The number of nitrogens with zero attached hydrogens (tertiary/aromatic N) is 3. The first-order valence-electron chi connectivity index (χ1n) is 7.27. The molecule has 1 aromatic heterocycles. The van der Waals surface area contributed by atoms with Gasteiger partial charge < -0.3 is 10.6 Å². The monoisotopic (exact) mass is 285 g/mol. The van der Waals surface area contributed by atoms with E-state index in [-0.39, 0.29) is 5.84 Å². The number of nitrogen functional groups attached to an aromatic ring is 1. The zero-order chi connectivity index (χ0) is 15.4. The fourth-order valence-electron chi connectivity index (χ4n) is 2.45. The molecule has 112 valence electrons. The van der Waals surface area contributed by atoms with Crippen molar-refractivity contribution < 1.29 is 0 Å². The van der Waals surface area contributed by atoms with Crippen molar-refractivity contribution in [3.8, 4) is 0 Å². The number of rotatable bonds is 6. The molecule has 1 aromatic carbocycles. The van der Waals surface area contributed by atoms with Crippen LogP contribution in [-0.4, -0.2) is 22.7 Å². The maximum atomic E-state index is 7.70. The van der Waals surface area contributed by atoms with Crippen molar-refractivity contribution in [3.63, 3.8) is 0 Å². The summed E-state index contributed by atoms with van der Waals surface area (Å²) in [5, 5.41) is 12.3. The van der Waals surface area contributed by atoms with Gasteiger partial charge in [-0.2, -0.15) is 5.10 Å². The van der Waals surface area contributed by atoms with E-state index in [1.165, 1.54) is 5.69 Å². The lowest BCUT2D eigenvalue weighted by Gasteiger charge is -2.22. The van der Waals surface area contributed by atoms with Crippen LogP contribution in [0.5, 0.6) is 0 Å². The van der Waals surface area contributed by atoms with Gasteiger partial charge in [0.1, 0.15) is 5.84 Å². The van der Waals surface area contributed by atoms with Crippen molar-refractivity contribution in [1.82, 2.24) is 9.78 Å². The van der Waals surface area contributed by atoms with Crippen LogP contribution in [0.3, 0.4) is 0 Å². The van der Waals surface area contributed by atoms with Crippen LogP contribution in [0.25, 0.3) is 0 Å². The molecule has 0 unspecified atom stereocenters. The second-order valence-corrected chi connectivity index (χ2v) is 5.08. The third-order valence-electron chi connectivity index (χ3n) is 3.58. The number of benzene rings is 1. The minimum Gasteiger partial charge on any atom is -0.384 e. The summed E-state index contributed by atoms with van der Waals surface area (Å²) in [6.45, 7) is 5.81. The highest BCUT2D eigenvalue weighted by molar-refractivity contribution is 6.00. The normalized spacial score (nSPS) is 10.6. The molecule has 0 saturated carbocycles. The van der Waals surface area contributed by atoms with Crippen LogP contribution in [0.4, 0.5) is 5.69 Å². The van der Waals surface area contributed by atoms with Crippen molar-refractivity contribution in [1.29, 1.82) is 5.41 Å². The van der Waals surface area contributed by atoms with Crippen LogP contribution in [0.2, 0.25) is 0 Å². The summed E-state index contributed by atoms with van der Waals surface area (Å²) in [5.41, 5.74) is 9.68. The zero-order valence-corrected chi connectivity index (χ0v) is 12.9. The molecule has 0 aliphatic heterocycles. The first-order chi connectivity index (χ1) is 10.1. The Balaban J connectivity index is 2.28. The number of aryl methyl sites for hydroxylation is 2. The number of para-hydroxylation sites is 1. The number of nitrogens with one attached hydrogen (secondary N) is 1. The Labute approximate surface area is 125 Å². The Morgan fingerprint density at radius 1 is 1.33 bits per heavy atom. The van der Waals surface area contributed by atoms with Gasteiger partial charge in [-0.05, 0) is 31.5 Å². The third-order valence-corrected chi connectivity index (χ3v) is 3.58. The summed E-state index contributed by atoms with van der Waals surface area (Å²) < 4.78 is 2.03. The van der Waals surface area contributed by atoms with Gasteiger partial charge in [0, 0.05) is 24.8 Å². The van der Waals surface area contributed by atoms with E-state index < -0.39 is 0 Å². The average Bonchev–Trinajstić information content (AvgIpc) is 2.89. The lowest BCUT2D eigenvalue weighted by Crippen LogP contribution is -2.23. The minimum absolute atomic E-state index is 0.0932. The molecule has 0 aliphatic carbocycles. The van der Waals surface area contributed by atoms with E-state index in [9.17, 15) is 0 Å². The SMILES string of the molecule is CCc1cc(CN(C)c2ccccc2C(=N)N)n(CC)n1. The van der Waals surface area contributed by atoms with Gasteiger partial charge in [-0.3, -0.25) is 10.1 Å². The number of amidine groups is 1. The van der Waals surface area contributed by atoms with Crippen LogP contribution in [-0.2, 0) is 19.5 Å².